The third kappa shape index (κ3) is 17.9. The number of nitrogens with zero attached hydrogens (tertiary/aromatic N) is 7. The molecule has 0 saturated carbocycles. The predicted molar refractivity (Wildman–Crippen MR) is 313 cm³/mol. The molecule has 474 valence electrons. The first-order valence-electron chi connectivity index (χ1n) is 30.1. The summed E-state index contributed by atoms with van der Waals surface area (Å²) in [5.41, 5.74) is 22.5. The van der Waals surface area contributed by atoms with Gasteiger partial charge in [0.25, 0.3) is 0 Å². The first kappa shape index (κ1) is 68.1. The minimum atomic E-state index is -1.54. The second kappa shape index (κ2) is 33.3. The van der Waals surface area contributed by atoms with E-state index in [0.717, 1.165) is 24.0 Å². The first-order chi connectivity index (χ1) is 41.9. The van der Waals surface area contributed by atoms with Gasteiger partial charge in [0.1, 0.15) is 18.3 Å². The molecule has 3 aromatic rings. The molecule has 20 atom stereocenters. The van der Waals surface area contributed by atoms with Crippen LogP contribution in [0.2, 0.25) is 0 Å². The van der Waals surface area contributed by atoms with E-state index in [0.29, 0.717) is 37.9 Å². The summed E-state index contributed by atoms with van der Waals surface area (Å²) >= 11 is 0. The third-order valence-electron chi connectivity index (χ3n) is 16.7. The third-order valence-corrected chi connectivity index (χ3v) is 16.7. The van der Waals surface area contributed by atoms with Crippen LogP contribution in [0.5, 0.6) is 0 Å². The van der Waals surface area contributed by atoms with Gasteiger partial charge in [-0.05, 0) is 79.6 Å². The Balaban J connectivity index is 1.04. The average Bonchev–Trinajstić information content (AvgIpc) is 3.33. The highest BCUT2D eigenvalue weighted by molar-refractivity contribution is 5.97. The van der Waals surface area contributed by atoms with Gasteiger partial charge in [0.05, 0.1) is 56.8 Å². The number of benzene rings is 3. The molecule has 0 amide bonds. The van der Waals surface area contributed by atoms with Gasteiger partial charge >= 0.3 is 17.9 Å². The molecule has 4 aliphatic heterocycles. The zero-order valence-electron chi connectivity index (χ0n) is 51.3. The minimum Gasteiger partial charge on any atom is -0.467 e. The maximum atomic E-state index is 14.0. The molecule has 0 bridgehead atoms. The average molecular weight is 1210 g/mol. The fraction of sp³-hybridized carbons (Fsp3) is 0.635. The van der Waals surface area contributed by atoms with Crippen LogP contribution in [0.1, 0.15) is 116 Å². The van der Waals surface area contributed by atoms with E-state index in [1.807, 2.05) is 112 Å². The molecule has 3 aromatic carbocycles. The monoisotopic (exact) mass is 1210 g/mol. The quantitative estimate of drug-likeness (QED) is 0.0119. The Labute approximate surface area is 508 Å². The van der Waals surface area contributed by atoms with E-state index < -0.39 is 140 Å². The number of Topliss-reactive ketones (excluding diaryl/α,β-unsaturated/α-hetero) is 2. The van der Waals surface area contributed by atoms with Crippen molar-refractivity contribution in [2.75, 3.05) is 26.8 Å². The van der Waals surface area contributed by atoms with Crippen LogP contribution in [0.15, 0.2) is 101 Å². The summed E-state index contributed by atoms with van der Waals surface area (Å²) < 4.78 is 76.1. The molecule has 4 fully saturated rings. The van der Waals surface area contributed by atoms with Crippen LogP contribution in [0.3, 0.4) is 0 Å². The second-order valence-electron chi connectivity index (χ2n) is 22.8. The molecule has 0 spiro atoms. The van der Waals surface area contributed by atoms with E-state index in [1.54, 1.807) is 20.8 Å². The molecule has 24 nitrogen and oxygen atoms in total. The number of hydrogen-bond donors (Lipinski definition) is 0. The number of rotatable bonds is 29. The van der Waals surface area contributed by atoms with E-state index in [-0.39, 0.29) is 31.3 Å². The number of methoxy groups -OCH3 is 1. The molecule has 0 aliphatic carbocycles. The highest BCUT2D eigenvalue weighted by Gasteiger charge is 2.57. The molecule has 4 aliphatic rings. The Hall–Kier alpha value is -6.37. The van der Waals surface area contributed by atoms with Crippen molar-refractivity contribution in [1.29, 1.82) is 0 Å². The molecule has 24 heteroatoms. The fourth-order valence-corrected chi connectivity index (χ4v) is 12.1. The standard InChI is InChI=1S/C63H85N7O17/c1-11-47-52(36(3)49(66-68-64)60(81-47)77-32-24-16-23-31-70(33-43-25-17-13-18-26-43)34-46(74)45-29-21-15-22-30-45)84-62-56(79-41(8)72)39(6)55(57(87-62)59(75)76-10)86-61-50(67-69-65)37(4)53(48(12-2)82-61)85-63-58(80-42(9)73)54(38(5)51(83-63)40(7)71)78-35-44-27-19-14-20-28-44/h13-15,17-22,25-30,36-39,47-58,60-63H,11-12,16,23-24,31-35H2,1-10H3/t36?,37-,38-,39?,47+,48?,49?,50?,51?,52+,53+,54-,55+,56?,57-,58?,60+,61-,62-,63+/m1/s1. The van der Waals surface area contributed by atoms with E-state index in [2.05, 4.69) is 25.0 Å². The lowest BCUT2D eigenvalue weighted by Gasteiger charge is -2.51. The molecule has 4 saturated heterocycles. The van der Waals surface area contributed by atoms with Crippen molar-refractivity contribution in [3.63, 3.8) is 0 Å². The van der Waals surface area contributed by atoms with Gasteiger partial charge < -0.3 is 56.8 Å². The van der Waals surface area contributed by atoms with E-state index in [4.69, 9.17) is 56.8 Å². The lowest BCUT2D eigenvalue weighted by molar-refractivity contribution is -0.358. The number of azide groups is 2. The molecule has 0 aromatic heterocycles. The van der Waals surface area contributed by atoms with Crippen LogP contribution in [-0.4, -0.2) is 159 Å². The highest BCUT2D eigenvalue weighted by Crippen LogP contribution is 2.42. The van der Waals surface area contributed by atoms with Crippen molar-refractivity contribution >= 4 is 29.5 Å². The number of ketones is 2. The topological polar surface area (TPSA) is 297 Å². The molecule has 0 N–H and O–H groups in total. The van der Waals surface area contributed by atoms with E-state index >= 15 is 0 Å². The van der Waals surface area contributed by atoms with Crippen molar-refractivity contribution in [3.05, 3.63) is 129 Å². The number of carbonyl (C=O) groups excluding carboxylic acids is 5. The Kier molecular flexibility index (Phi) is 26.1. The van der Waals surface area contributed by atoms with Crippen LogP contribution >= 0.6 is 0 Å². The molecule has 8 unspecified atom stereocenters. The van der Waals surface area contributed by atoms with Gasteiger partial charge in [-0.25, -0.2) is 4.79 Å². The smallest absolute Gasteiger partial charge is 0.337 e. The van der Waals surface area contributed by atoms with Crippen molar-refractivity contribution in [2.45, 2.75) is 206 Å². The van der Waals surface area contributed by atoms with Crippen molar-refractivity contribution in [2.24, 2.45) is 33.9 Å². The number of unbranched alkanes of at least 4 members (excludes halogenated alkanes) is 2. The first-order valence-corrected chi connectivity index (χ1v) is 30.1. The molecular formula is C63H85N7O17. The van der Waals surface area contributed by atoms with Gasteiger partial charge in [-0.2, -0.15) is 0 Å². The molecule has 4 heterocycles. The molecule has 0 radical (unpaired) electrons. The van der Waals surface area contributed by atoms with Gasteiger partial charge in [0.15, 0.2) is 55.0 Å². The minimum absolute atomic E-state index is 0.0455. The number of hydrogen-bond acceptors (Lipinski definition) is 20. The summed E-state index contributed by atoms with van der Waals surface area (Å²) in [4.78, 5) is 74.6. The summed E-state index contributed by atoms with van der Waals surface area (Å²) in [6.07, 6.45) is -12.6. The number of carbonyl (C=O) groups is 5. The normalized spacial score (nSPS) is 32.4. The van der Waals surface area contributed by atoms with Gasteiger partial charge in [-0.3, -0.25) is 24.1 Å². The van der Waals surface area contributed by atoms with E-state index in [1.165, 1.54) is 27.9 Å². The van der Waals surface area contributed by atoms with E-state index in [9.17, 15) is 35.0 Å². The maximum Gasteiger partial charge on any atom is 0.337 e. The second-order valence-corrected chi connectivity index (χ2v) is 22.8. The summed E-state index contributed by atoms with van der Waals surface area (Å²) in [6.45, 7) is 16.6. The van der Waals surface area contributed by atoms with Crippen LogP contribution in [-0.2, 0) is 89.2 Å². The zero-order valence-corrected chi connectivity index (χ0v) is 51.3. The summed E-state index contributed by atoms with van der Waals surface area (Å²) in [5, 5.41) is 8.25. The Bertz CT molecular complexity index is 2800. The highest BCUT2D eigenvalue weighted by atomic mass is 16.8. The number of esters is 3. The zero-order chi connectivity index (χ0) is 62.7. The van der Waals surface area contributed by atoms with Gasteiger partial charge in [-0.1, -0.05) is 143 Å². The van der Waals surface area contributed by atoms with Crippen LogP contribution in [0.4, 0.5) is 0 Å². The lowest BCUT2D eigenvalue weighted by Crippen LogP contribution is -2.64. The van der Waals surface area contributed by atoms with Crippen LogP contribution in [0.25, 0.3) is 20.9 Å². The van der Waals surface area contributed by atoms with Gasteiger partial charge in [-0.15, -0.1) is 0 Å². The fourth-order valence-electron chi connectivity index (χ4n) is 12.1. The molecule has 87 heavy (non-hydrogen) atoms. The Morgan fingerprint density at radius 3 is 1.62 bits per heavy atom. The SMILES string of the molecule is CCC1O[C@H](O[C@H]2C(C)C(OC(C)=O)[C@H](O[C@H]3C(C)C(N=[N+]=[N-])[C@@H](OCCCCCN(CC(=O)c4ccccc4)Cc4ccccc4)O[C@H]3CC)O[C@H]2C(=O)OC)C(N=[N+]=[N-])[C@@H](C)[C@@H]1O[C@@H]1OC(C(C)=O)[C@@H](C)[C@@H](OCc2ccccc2)C1OC(C)=O. The largest absolute Gasteiger partial charge is 0.467 e. The molecule has 7 rings (SSSR count). The lowest BCUT2D eigenvalue weighted by atomic mass is 9.85. The van der Waals surface area contributed by atoms with Crippen molar-refractivity contribution in [3.8, 4) is 0 Å². The number of ether oxygens (including phenoxy) is 12. The Morgan fingerprint density at radius 1 is 0.552 bits per heavy atom. The summed E-state index contributed by atoms with van der Waals surface area (Å²) in [5.74, 6) is -5.25. The maximum absolute atomic E-state index is 14.0. The van der Waals surface area contributed by atoms with Crippen LogP contribution < -0.4 is 0 Å². The Morgan fingerprint density at radius 2 is 1.07 bits per heavy atom. The predicted octanol–water partition coefficient (Wildman–Crippen LogP) is 9.55. The van der Waals surface area contributed by atoms with Crippen molar-refractivity contribution < 1.29 is 80.8 Å². The van der Waals surface area contributed by atoms with Crippen molar-refractivity contribution in [1.82, 2.24) is 4.90 Å². The van der Waals surface area contributed by atoms with Gasteiger partial charge in [0, 0.05) is 54.2 Å². The van der Waals surface area contributed by atoms with Crippen LogP contribution in [0, 0.1) is 23.7 Å². The summed E-state index contributed by atoms with van der Waals surface area (Å²) in [6, 6.07) is 26.6. The van der Waals surface area contributed by atoms with Gasteiger partial charge in [0.2, 0.25) is 0 Å². The summed E-state index contributed by atoms with van der Waals surface area (Å²) in [7, 11) is 1.18. The molecular weight excluding hydrogens is 1130 g/mol.